The highest BCUT2D eigenvalue weighted by molar-refractivity contribution is 9.10. The largest absolute Gasteiger partial charge is 0.488 e. The molecule has 0 aromatic heterocycles. The fourth-order valence-electron chi connectivity index (χ4n) is 3.65. The van der Waals surface area contributed by atoms with Gasteiger partial charge < -0.3 is 14.5 Å². The lowest BCUT2D eigenvalue weighted by Gasteiger charge is -2.52. The van der Waals surface area contributed by atoms with Crippen LogP contribution in [0.4, 0.5) is 5.69 Å². The van der Waals surface area contributed by atoms with E-state index in [0.717, 1.165) is 47.4 Å². The summed E-state index contributed by atoms with van der Waals surface area (Å²) in [5.41, 5.74) is 1.58. The number of hydrogen-bond acceptors (Lipinski definition) is 3. The summed E-state index contributed by atoms with van der Waals surface area (Å²) in [5, 5.41) is 0. The second kappa shape index (κ2) is 3.66. The van der Waals surface area contributed by atoms with Crippen molar-refractivity contribution in [3.63, 3.8) is 0 Å². The summed E-state index contributed by atoms with van der Waals surface area (Å²) in [6, 6.07) is 3.82. The number of hydrogen-bond donors (Lipinski definition) is 0. The van der Waals surface area contributed by atoms with Crippen molar-refractivity contribution >= 4 is 27.5 Å². The van der Waals surface area contributed by atoms with Gasteiger partial charge >= 0.3 is 0 Å². The average molecular weight is 323 g/mol. The highest BCUT2D eigenvalue weighted by Crippen LogP contribution is 2.50. The fourth-order valence-corrected chi connectivity index (χ4v) is 4.09. The van der Waals surface area contributed by atoms with Crippen molar-refractivity contribution in [3.8, 4) is 5.75 Å². The van der Waals surface area contributed by atoms with Crippen molar-refractivity contribution in [2.24, 2.45) is 0 Å². The Kier molecular flexibility index (Phi) is 2.23. The van der Waals surface area contributed by atoms with Gasteiger partial charge in [-0.3, -0.25) is 4.79 Å². The SMILES string of the molecule is CC12CCCN1C(=O)c1ccc(Br)c3c1N2CCO3. The van der Waals surface area contributed by atoms with Gasteiger partial charge in [0, 0.05) is 6.54 Å². The molecule has 100 valence electrons. The number of amides is 1. The van der Waals surface area contributed by atoms with E-state index in [2.05, 4.69) is 27.8 Å². The van der Waals surface area contributed by atoms with E-state index < -0.39 is 0 Å². The molecule has 1 aromatic rings. The number of rotatable bonds is 0. The van der Waals surface area contributed by atoms with Gasteiger partial charge in [-0.25, -0.2) is 0 Å². The van der Waals surface area contributed by atoms with Crippen molar-refractivity contribution in [2.75, 3.05) is 24.6 Å². The first-order valence-electron chi connectivity index (χ1n) is 6.68. The molecule has 1 fully saturated rings. The number of halogens is 1. The van der Waals surface area contributed by atoms with Crippen LogP contribution in [0.25, 0.3) is 0 Å². The van der Waals surface area contributed by atoms with Gasteiger partial charge in [0.15, 0.2) is 5.75 Å². The summed E-state index contributed by atoms with van der Waals surface area (Å²) in [5.74, 6) is 0.968. The number of anilines is 1. The zero-order chi connectivity index (χ0) is 13.2. The van der Waals surface area contributed by atoms with Gasteiger partial charge in [-0.15, -0.1) is 0 Å². The van der Waals surface area contributed by atoms with E-state index in [4.69, 9.17) is 4.74 Å². The van der Waals surface area contributed by atoms with Crippen molar-refractivity contribution in [1.82, 2.24) is 4.90 Å². The molecule has 3 heterocycles. The number of nitrogens with zero attached hydrogens (tertiary/aromatic N) is 2. The molecule has 1 aromatic carbocycles. The van der Waals surface area contributed by atoms with E-state index in [1.807, 2.05) is 17.0 Å². The van der Waals surface area contributed by atoms with Crippen LogP contribution in [0, 0.1) is 0 Å². The quantitative estimate of drug-likeness (QED) is 0.736. The van der Waals surface area contributed by atoms with E-state index in [1.165, 1.54) is 0 Å². The molecule has 3 aliphatic heterocycles. The Morgan fingerprint density at radius 2 is 2.16 bits per heavy atom. The number of ether oxygens (including phenoxy) is 1. The maximum atomic E-state index is 12.7. The minimum atomic E-state index is -0.177. The van der Waals surface area contributed by atoms with E-state index in [1.54, 1.807) is 0 Å². The molecular weight excluding hydrogens is 308 g/mol. The third kappa shape index (κ3) is 1.31. The Morgan fingerprint density at radius 3 is 3.00 bits per heavy atom. The Morgan fingerprint density at radius 1 is 1.32 bits per heavy atom. The number of carbonyl (C=O) groups excluding carboxylic acids is 1. The molecule has 1 saturated heterocycles. The Bertz CT molecular complexity index is 589. The molecule has 0 N–H and O–H groups in total. The maximum Gasteiger partial charge on any atom is 0.257 e. The molecule has 1 atom stereocenters. The van der Waals surface area contributed by atoms with Crippen LogP contribution in [0.15, 0.2) is 16.6 Å². The second-order valence-corrected chi connectivity index (χ2v) is 6.40. The van der Waals surface area contributed by atoms with Crippen LogP contribution in [0.2, 0.25) is 0 Å². The van der Waals surface area contributed by atoms with Crippen molar-refractivity contribution < 1.29 is 9.53 Å². The molecule has 0 saturated carbocycles. The molecule has 19 heavy (non-hydrogen) atoms. The zero-order valence-electron chi connectivity index (χ0n) is 10.8. The molecule has 0 spiro atoms. The van der Waals surface area contributed by atoms with Crippen LogP contribution in [0.5, 0.6) is 5.75 Å². The molecule has 0 bridgehead atoms. The molecule has 4 rings (SSSR count). The van der Waals surface area contributed by atoms with Gasteiger partial charge in [-0.2, -0.15) is 0 Å². The number of fused-ring (bicyclic) bond motifs is 2. The molecule has 5 heteroatoms. The van der Waals surface area contributed by atoms with Gasteiger partial charge in [0.05, 0.1) is 22.3 Å². The number of carbonyl (C=O) groups is 1. The Balaban J connectivity index is 2.01. The molecule has 0 aliphatic carbocycles. The standard InChI is InChI=1S/C14H15BrN2O2/c1-14-5-2-6-17(14)13(18)9-3-4-10(15)12-11(9)16(14)7-8-19-12/h3-4H,2,5-8H2,1H3. The zero-order valence-corrected chi connectivity index (χ0v) is 12.4. The summed E-state index contributed by atoms with van der Waals surface area (Å²) in [4.78, 5) is 17.1. The summed E-state index contributed by atoms with van der Waals surface area (Å²) in [7, 11) is 0. The van der Waals surface area contributed by atoms with Crippen molar-refractivity contribution in [3.05, 3.63) is 22.2 Å². The molecular formula is C14H15BrN2O2. The molecule has 1 unspecified atom stereocenters. The van der Waals surface area contributed by atoms with Crippen LogP contribution in [0.3, 0.4) is 0 Å². The van der Waals surface area contributed by atoms with E-state index in [-0.39, 0.29) is 11.6 Å². The molecule has 0 radical (unpaired) electrons. The van der Waals surface area contributed by atoms with Gasteiger partial charge in [-0.1, -0.05) is 0 Å². The maximum absolute atomic E-state index is 12.7. The van der Waals surface area contributed by atoms with Crippen LogP contribution < -0.4 is 9.64 Å². The predicted molar refractivity (Wildman–Crippen MR) is 75.7 cm³/mol. The minimum Gasteiger partial charge on any atom is -0.488 e. The third-order valence-corrected chi connectivity index (χ3v) is 5.21. The normalized spacial score (nSPS) is 28.0. The lowest BCUT2D eigenvalue weighted by Crippen LogP contribution is -2.62. The molecule has 3 aliphatic rings. The topological polar surface area (TPSA) is 32.8 Å². The summed E-state index contributed by atoms with van der Waals surface area (Å²) >= 11 is 3.53. The minimum absolute atomic E-state index is 0.144. The molecule has 1 amide bonds. The summed E-state index contributed by atoms with van der Waals surface area (Å²) in [6.45, 7) is 4.55. The average Bonchev–Trinajstić information content (AvgIpc) is 2.81. The van der Waals surface area contributed by atoms with Gasteiger partial charge in [0.2, 0.25) is 0 Å². The van der Waals surface area contributed by atoms with Crippen LogP contribution in [-0.2, 0) is 0 Å². The number of benzene rings is 1. The first-order valence-corrected chi connectivity index (χ1v) is 7.47. The van der Waals surface area contributed by atoms with E-state index >= 15 is 0 Å². The monoisotopic (exact) mass is 322 g/mol. The van der Waals surface area contributed by atoms with Crippen LogP contribution >= 0.6 is 15.9 Å². The van der Waals surface area contributed by atoms with Crippen LogP contribution in [-0.4, -0.2) is 36.2 Å². The van der Waals surface area contributed by atoms with Crippen molar-refractivity contribution in [2.45, 2.75) is 25.4 Å². The lowest BCUT2D eigenvalue weighted by atomic mass is 9.97. The lowest BCUT2D eigenvalue weighted by molar-refractivity contribution is 0.0566. The third-order valence-electron chi connectivity index (χ3n) is 4.59. The first-order chi connectivity index (χ1) is 9.13. The highest BCUT2D eigenvalue weighted by Gasteiger charge is 2.51. The summed E-state index contributed by atoms with van der Waals surface area (Å²) < 4.78 is 6.71. The first kappa shape index (κ1) is 11.6. The second-order valence-electron chi connectivity index (χ2n) is 5.55. The summed E-state index contributed by atoms with van der Waals surface area (Å²) in [6.07, 6.45) is 2.11. The van der Waals surface area contributed by atoms with E-state index in [0.29, 0.717) is 6.61 Å². The van der Waals surface area contributed by atoms with Crippen molar-refractivity contribution in [1.29, 1.82) is 0 Å². The fraction of sp³-hybridized carbons (Fsp3) is 0.500. The predicted octanol–water partition coefficient (Wildman–Crippen LogP) is 2.61. The Labute approximate surface area is 120 Å². The molecule has 4 nitrogen and oxygen atoms in total. The Hall–Kier alpha value is -1.23. The smallest absolute Gasteiger partial charge is 0.257 e. The van der Waals surface area contributed by atoms with E-state index in [9.17, 15) is 4.79 Å². The highest BCUT2D eigenvalue weighted by atomic mass is 79.9. The van der Waals surface area contributed by atoms with Gasteiger partial charge in [-0.05, 0) is 47.8 Å². The van der Waals surface area contributed by atoms with Gasteiger partial charge in [0.1, 0.15) is 12.3 Å². The van der Waals surface area contributed by atoms with Crippen LogP contribution in [0.1, 0.15) is 30.1 Å². The van der Waals surface area contributed by atoms with Gasteiger partial charge in [0.25, 0.3) is 5.91 Å².